The molecular weight excluding hydrogens is 132 g/mol. The molecule has 0 spiro atoms. The Balaban J connectivity index is 2.66. The molecule has 0 aromatic carbocycles. The highest BCUT2D eigenvalue weighted by molar-refractivity contribution is 5.39. The van der Waals surface area contributed by atoms with E-state index in [1.807, 2.05) is 0 Å². The smallest absolute Gasteiger partial charge is 0.0274 e. The molecule has 0 fully saturated rings. The minimum absolute atomic E-state index is 1.14. The lowest BCUT2D eigenvalue weighted by molar-refractivity contribution is 1.02. The highest BCUT2D eigenvalue weighted by atomic mass is 14.0. The zero-order valence-electron chi connectivity index (χ0n) is 7.43. The zero-order chi connectivity index (χ0) is 8.10. The van der Waals surface area contributed by atoms with Crippen LogP contribution in [-0.2, 0) is 0 Å². The van der Waals surface area contributed by atoms with E-state index in [-0.39, 0.29) is 0 Å². The number of hydrogen-bond donors (Lipinski definition) is 0. The van der Waals surface area contributed by atoms with Crippen molar-refractivity contribution >= 4 is 0 Å². The van der Waals surface area contributed by atoms with Crippen LogP contribution in [0.5, 0.6) is 0 Å². The van der Waals surface area contributed by atoms with E-state index >= 15 is 0 Å². The molecule has 0 unspecified atom stereocenters. The van der Waals surface area contributed by atoms with Crippen LogP contribution in [0.3, 0.4) is 0 Å². The molecule has 0 amide bonds. The van der Waals surface area contributed by atoms with Crippen molar-refractivity contribution < 1.29 is 0 Å². The van der Waals surface area contributed by atoms with E-state index in [0.29, 0.717) is 0 Å². The van der Waals surface area contributed by atoms with Crippen molar-refractivity contribution in [2.24, 2.45) is 0 Å². The molecule has 0 saturated heterocycles. The van der Waals surface area contributed by atoms with Gasteiger partial charge in [-0.15, -0.1) is 0 Å². The van der Waals surface area contributed by atoms with Crippen LogP contribution >= 0.6 is 0 Å². The molecule has 0 bridgehead atoms. The van der Waals surface area contributed by atoms with Crippen LogP contribution < -0.4 is 0 Å². The lowest BCUT2D eigenvalue weighted by Gasteiger charge is -2.06. The van der Waals surface area contributed by atoms with Gasteiger partial charge in [-0.05, 0) is 37.3 Å². The summed E-state index contributed by atoms with van der Waals surface area (Å²) in [6.45, 7) is 4.36. The summed E-state index contributed by atoms with van der Waals surface area (Å²) in [5, 5.41) is 0. The number of hydrogen-bond acceptors (Lipinski definition) is 0. The Morgan fingerprint density at radius 2 is 2.36 bits per heavy atom. The summed E-state index contributed by atoms with van der Waals surface area (Å²) in [7, 11) is 0. The van der Waals surface area contributed by atoms with Crippen LogP contribution in [0.2, 0.25) is 0 Å². The average Bonchev–Trinajstić information content (AvgIpc) is 2.07. The SMILES string of the molecule is CC/C=C(\C)C1=CCCC=C1. The first-order chi connectivity index (χ1) is 5.34. The van der Waals surface area contributed by atoms with Crippen molar-refractivity contribution in [2.75, 3.05) is 0 Å². The normalized spacial score (nSPS) is 18.4. The minimum atomic E-state index is 1.14. The molecule has 60 valence electrons. The molecule has 0 aromatic rings. The Morgan fingerprint density at radius 3 is 2.91 bits per heavy atom. The Bertz CT molecular complexity index is 204. The summed E-state index contributed by atoms with van der Waals surface area (Å²) in [6.07, 6.45) is 12.6. The molecule has 11 heavy (non-hydrogen) atoms. The summed E-state index contributed by atoms with van der Waals surface area (Å²) in [5.41, 5.74) is 2.83. The van der Waals surface area contributed by atoms with E-state index in [1.165, 1.54) is 24.0 Å². The van der Waals surface area contributed by atoms with Crippen molar-refractivity contribution in [3.63, 3.8) is 0 Å². The topological polar surface area (TPSA) is 0 Å². The maximum absolute atomic E-state index is 2.32. The van der Waals surface area contributed by atoms with Crippen LogP contribution in [0.25, 0.3) is 0 Å². The molecule has 1 rings (SSSR count). The van der Waals surface area contributed by atoms with Crippen molar-refractivity contribution in [3.8, 4) is 0 Å². The molecule has 0 heteroatoms. The maximum Gasteiger partial charge on any atom is -0.0274 e. The third-order valence-corrected chi connectivity index (χ3v) is 1.96. The second kappa shape index (κ2) is 4.17. The Hall–Kier alpha value is -0.780. The average molecular weight is 148 g/mol. The van der Waals surface area contributed by atoms with Gasteiger partial charge < -0.3 is 0 Å². The van der Waals surface area contributed by atoms with Crippen LogP contribution in [0.15, 0.2) is 35.5 Å². The fraction of sp³-hybridized carbons (Fsp3) is 0.455. The lowest BCUT2D eigenvalue weighted by Crippen LogP contribution is -1.86. The Kier molecular flexibility index (Phi) is 3.15. The van der Waals surface area contributed by atoms with Gasteiger partial charge in [0.1, 0.15) is 0 Å². The molecule has 1 aliphatic rings. The van der Waals surface area contributed by atoms with E-state index in [4.69, 9.17) is 0 Å². The van der Waals surface area contributed by atoms with Crippen molar-refractivity contribution in [1.29, 1.82) is 0 Å². The van der Waals surface area contributed by atoms with Gasteiger partial charge in [0.2, 0.25) is 0 Å². The summed E-state index contributed by atoms with van der Waals surface area (Å²) >= 11 is 0. The first-order valence-corrected chi connectivity index (χ1v) is 4.38. The van der Waals surface area contributed by atoms with E-state index in [1.54, 1.807) is 0 Å². The Labute approximate surface area is 69.3 Å². The molecule has 0 atom stereocenters. The minimum Gasteiger partial charge on any atom is -0.0836 e. The molecular formula is C11H16. The second-order valence-corrected chi connectivity index (χ2v) is 2.93. The van der Waals surface area contributed by atoms with Crippen LogP contribution in [0.4, 0.5) is 0 Å². The van der Waals surface area contributed by atoms with E-state index < -0.39 is 0 Å². The molecule has 0 saturated carbocycles. The van der Waals surface area contributed by atoms with Gasteiger partial charge >= 0.3 is 0 Å². The highest BCUT2D eigenvalue weighted by Gasteiger charge is 1.97. The molecule has 0 N–H and O–H groups in total. The summed E-state index contributed by atoms with van der Waals surface area (Å²) in [4.78, 5) is 0. The lowest BCUT2D eigenvalue weighted by atomic mass is 10.0. The maximum atomic E-state index is 2.32. The van der Waals surface area contributed by atoms with Crippen LogP contribution in [0, 0.1) is 0 Å². The van der Waals surface area contributed by atoms with Crippen LogP contribution in [0.1, 0.15) is 33.1 Å². The third-order valence-electron chi connectivity index (χ3n) is 1.96. The molecule has 0 nitrogen and oxygen atoms in total. The number of rotatable bonds is 2. The van der Waals surface area contributed by atoms with Crippen LogP contribution in [-0.4, -0.2) is 0 Å². The fourth-order valence-corrected chi connectivity index (χ4v) is 1.33. The van der Waals surface area contributed by atoms with Gasteiger partial charge in [-0.1, -0.05) is 31.2 Å². The predicted molar refractivity (Wildman–Crippen MR) is 50.5 cm³/mol. The largest absolute Gasteiger partial charge is 0.0836 e. The fourth-order valence-electron chi connectivity index (χ4n) is 1.33. The first-order valence-electron chi connectivity index (χ1n) is 4.38. The number of allylic oxidation sites excluding steroid dienone is 6. The zero-order valence-corrected chi connectivity index (χ0v) is 7.43. The predicted octanol–water partition coefficient (Wildman–Crippen LogP) is 3.62. The third kappa shape index (κ3) is 2.38. The van der Waals surface area contributed by atoms with Gasteiger partial charge in [-0.3, -0.25) is 0 Å². The van der Waals surface area contributed by atoms with Crippen molar-refractivity contribution in [1.82, 2.24) is 0 Å². The highest BCUT2D eigenvalue weighted by Crippen LogP contribution is 2.17. The second-order valence-electron chi connectivity index (χ2n) is 2.93. The van der Waals surface area contributed by atoms with E-state index in [9.17, 15) is 0 Å². The molecule has 0 radical (unpaired) electrons. The summed E-state index contributed by atoms with van der Waals surface area (Å²) in [6, 6.07) is 0. The molecule has 0 aromatic heterocycles. The van der Waals surface area contributed by atoms with Gasteiger partial charge in [0.05, 0.1) is 0 Å². The van der Waals surface area contributed by atoms with E-state index in [2.05, 4.69) is 38.2 Å². The van der Waals surface area contributed by atoms with Crippen molar-refractivity contribution in [2.45, 2.75) is 33.1 Å². The van der Waals surface area contributed by atoms with Gasteiger partial charge in [-0.25, -0.2) is 0 Å². The summed E-state index contributed by atoms with van der Waals surface area (Å²) in [5.74, 6) is 0. The Morgan fingerprint density at radius 1 is 1.55 bits per heavy atom. The van der Waals surface area contributed by atoms with Gasteiger partial charge in [0.25, 0.3) is 0 Å². The molecule has 0 heterocycles. The summed E-state index contributed by atoms with van der Waals surface area (Å²) < 4.78 is 0. The molecule has 0 aliphatic heterocycles. The van der Waals surface area contributed by atoms with Crippen molar-refractivity contribution in [3.05, 3.63) is 35.5 Å². The molecule has 1 aliphatic carbocycles. The first kappa shape index (κ1) is 8.32. The standard InChI is InChI=1S/C11H16/c1-3-7-10(2)11-8-5-4-6-9-11/h5,7-9H,3-4,6H2,1-2H3/b10-7+. The van der Waals surface area contributed by atoms with Gasteiger partial charge in [0, 0.05) is 0 Å². The van der Waals surface area contributed by atoms with Gasteiger partial charge in [0.15, 0.2) is 0 Å². The monoisotopic (exact) mass is 148 g/mol. The quantitative estimate of drug-likeness (QED) is 0.561. The van der Waals surface area contributed by atoms with E-state index in [0.717, 1.165) is 6.42 Å². The van der Waals surface area contributed by atoms with Gasteiger partial charge in [-0.2, -0.15) is 0 Å².